The summed E-state index contributed by atoms with van der Waals surface area (Å²) in [5.41, 5.74) is 1.07. The van der Waals surface area contributed by atoms with Gasteiger partial charge in [-0.1, -0.05) is 23.2 Å². The molecule has 1 amide bonds. The number of nitrogens with one attached hydrogen (secondary N) is 2. The maximum atomic E-state index is 12.4. The Balaban J connectivity index is 1.21. The predicted octanol–water partition coefficient (Wildman–Crippen LogP) is 2.29. The number of H-pyrrole nitrogens is 1. The number of amides is 1. The molecule has 3 aromatic rings. The molecule has 1 saturated heterocycles. The number of piperidine rings is 1. The molecule has 0 unspecified atom stereocenters. The highest BCUT2D eigenvalue weighted by Gasteiger charge is 2.23. The van der Waals surface area contributed by atoms with Gasteiger partial charge in [-0.2, -0.15) is 0 Å². The minimum absolute atomic E-state index is 0.0827. The number of aliphatic hydroxyl groups is 1. The summed E-state index contributed by atoms with van der Waals surface area (Å²) in [5.74, 6) is 0.304. The molecule has 0 spiro atoms. The van der Waals surface area contributed by atoms with E-state index in [1.807, 2.05) is 0 Å². The zero-order valence-electron chi connectivity index (χ0n) is 16.6. The van der Waals surface area contributed by atoms with E-state index in [2.05, 4.69) is 30.2 Å². The minimum Gasteiger partial charge on any atom is -0.490 e. The van der Waals surface area contributed by atoms with Crippen molar-refractivity contribution < 1.29 is 14.6 Å². The lowest BCUT2D eigenvalue weighted by atomic mass is 10.1. The van der Waals surface area contributed by atoms with Crippen molar-refractivity contribution in [3.63, 3.8) is 0 Å². The van der Waals surface area contributed by atoms with Crippen molar-refractivity contribution in [2.75, 3.05) is 26.2 Å². The van der Waals surface area contributed by atoms with Crippen molar-refractivity contribution in [3.05, 3.63) is 46.6 Å². The number of benzene rings is 1. The molecule has 1 atom stereocenters. The number of imidazole rings is 1. The number of hydrogen-bond acceptors (Lipinski definition) is 7. The molecule has 3 N–H and O–H groups in total. The van der Waals surface area contributed by atoms with Crippen LogP contribution in [0.25, 0.3) is 11.2 Å². The van der Waals surface area contributed by atoms with Crippen LogP contribution in [-0.4, -0.2) is 74.2 Å². The summed E-state index contributed by atoms with van der Waals surface area (Å²) in [6.45, 7) is 2.16. The van der Waals surface area contributed by atoms with Crippen LogP contribution in [0, 0.1) is 0 Å². The molecule has 4 rings (SSSR count). The van der Waals surface area contributed by atoms with Crippen LogP contribution in [0.15, 0.2) is 30.9 Å². The molecule has 164 valence electrons. The van der Waals surface area contributed by atoms with Gasteiger partial charge in [-0.25, -0.2) is 15.0 Å². The maximum Gasteiger partial charge on any atom is 0.272 e. The first-order valence-electron chi connectivity index (χ1n) is 9.94. The lowest BCUT2D eigenvalue weighted by Gasteiger charge is -2.33. The monoisotopic (exact) mass is 464 g/mol. The molecule has 0 aliphatic carbocycles. The fourth-order valence-corrected chi connectivity index (χ4v) is 3.83. The number of halogens is 2. The Morgan fingerprint density at radius 3 is 2.84 bits per heavy atom. The standard InChI is InChI=1S/C20H22Cl2N6O3/c21-15-2-1-14(7-16(15)22)31-13-3-5-28(6-4-13)9-12(29)8-23-20(30)18-17-19(26-10-24-17)27-11-25-18/h1-2,7,10-13,29H,3-6,8-9H2,(H,23,30)(H,24,25,26,27)/t12-/m1/s1. The van der Waals surface area contributed by atoms with Gasteiger partial charge < -0.3 is 25.0 Å². The molecule has 0 radical (unpaired) electrons. The molecule has 1 aliphatic rings. The van der Waals surface area contributed by atoms with Gasteiger partial charge in [0.15, 0.2) is 11.3 Å². The van der Waals surface area contributed by atoms with Gasteiger partial charge in [0, 0.05) is 32.2 Å². The Morgan fingerprint density at radius 1 is 1.26 bits per heavy atom. The van der Waals surface area contributed by atoms with Gasteiger partial charge >= 0.3 is 0 Å². The summed E-state index contributed by atoms with van der Waals surface area (Å²) in [6, 6.07) is 5.25. The lowest BCUT2D eigenvalue weighted by molar-refractivity contribution is 0.0593. The fourth-order valence-electron chi connectivity index (χ4n) is 3.54. The van der Waals surface area contributed by atoms with Gasteiger partial charge in [0.05, 0.1) is 22.5 Å². The second-order valence-corrected chi connectivity index (χ2v) is 8.19. The quantitative estimate of drug-likeness (QED) is 0.490. The summed E-state index contributed by atoms with van der Waals surface area (Å²) >= 11 is 12.0. The van der Waals surface area contributed by atoms with E-state index >= 15 is 0 Å². The van der Waals surface area contributed by atoms with E-state index < -0.39 is 12.0 Å². The summed E-state index contributed by atoms with van der Waals surface area (Å²) in [5, 5.41) is 14.0. The van der Waals surface area contributed by atoms with E-state index in [-0.39, 0.29) is 18.3 Å². The number of fused-ring (bicyclic) bond motifs is 1. The van der Waals surface area contributed by atoms with Gasteiger partial charge in [-0.15, -0.1) is 0 Å². The zero-order valence-corrected chi connectivity index (χ0v) is 18.1. The van der Waals surface area contributed by atoms with E-state index in [1.54, 1.807) is 18.2 Å². The molecule has 2 aromatic heterocycles. The van der Waals surface area contributed by atoms with Gasteiger partial charge in [0.2, 0.25) is 0 Å². The second-order valence-electron chi connectivity index (χ2n) is 7.38. The SMILES string of the molecule is O=C(NC[C@@H](O)CN1CCC(Oc2ccc(Cl)c(Cl)c2)CC1)c1ncnc2[nH]cnc12. The van der Waals surface area contributed by atoms with Crippen molar-refractivity contribution in [1.29, 1.82) is 0 Å². The minimum atomic E-state index is -0.701. The number of hydrogen-bond donors (Lipinski definition) is 3. The van der Waals surface area contributed by atoms with Crippen molar-refractivity contribution >= 4 is 40.3 Å². The first-order chi connectivity index (χ1) is 15.0. The number of nitrogens with zero attached hydrogens (tertiary/aromatic N) is 4. The molecule has 3 heterocycles. The van der Waals surface area contributed by atoms with Crippen molar-refractivity contribution in [2.24, 2.45) is 0 Å². The van der Waals surface area contributed by atoms with Gasteiger partial charge in [-0.3, -0.25) is 4.79 Å². The van der Waals surface area contributed by atoms with Crippen LogP contribution in [0.5, 0.6) is 5.75 Å². The largest absolute Gasteiger partial charge is 0.490 e. The van der Waals surface area contributed by atoms with E-state index in [9.17, 15) is 9.90 Å². The molecule has 1 aromatic carbocycles. The zero-order chi connectivity index (χ0) is 21.8. The number of likely N-dealkylation sites (tertiary alicyclic amines) is 1. The molecular formula is C20H22Cl2N6O3. The Kier molecular flexibility index (Phi) is 6.86. The summed E-state index contributed by atoms with van der Waals surface area (Å²) in [6.07, 6.45) is 3.80. The number of carbonyl (C=O) groups is 1. The Hall–Kier alpha value is -2.46. The molecular weight excluding hydrogens is 443 g/mol. The van der Waals surface area contributed by atoms with Crippen LogP contribution in [0.1, 0.15) is 23.3 Å². The number of rotatable bonds is 7. The third-order valence-corrected chi connectivity index (χ3v) is 5.87. The first-order valence-corrected chi connectivity index (χ1v) is 10.7. The predicted molar refractivity (Wildman–Crippen MR) is 117 cm³/mol. The first kappa shape index (κ1) is 21.8. The number of carbonyl (C=O) groups excluding carboxylic acids is 1. The summed E-state index contributed by atoms with van der Waals surface area (Å²) in [4.78, 5) is 29.5. The van der Waals surface area contributed by atoms with E-state index in [0.29, 0.717) is 33.5 Å². The van der Waals surface area contributed by atoms with Gasteiger partial charge in [0.1, 0.15) is 23.7 Å². The normalized spacial score (nSPS) is 16.4. The van der Waals surface area contributed by atoms with E-state index in [4.69, 9.17) is 27.9 Å². The number of aliphatic hydroxyl groups excluding tert-OH is 1. The smallest absolute Gasteiger partial charge is 0.272 e. The van der Waals surface area contributed by atoms with Crippen LogP contribution in [0.4, 0.5) is 0 Å². The molecule has 0 bridgehead atoms. The van der Waals surface area contributed by atoms with Crippen LogP contribution >= 0.6 is 23.2 Å². The number of aromatic nitrogens is 4. The van der Waals surface area contributed by atoms with Crippen LogP contribution in [0.3, 0.4) is 0 Å². The van der Waals surface area contributed by atoms with Gasteiger partial charge in [-0.05, 0) is 25.0 Å². The third kappa shape index (κ3) is 5.43. The lowest BCUT2D eigenvalue weighted by Crippen LogP contribution is -2.45. The highest BCUT2D eigenvalue weighted by molar-refractivity contribution is 6.42. The molecule has 1 aliphatic heterocycles. The second kappa shape index (κ2) is 9.78. The van der Waals surface area contributed by atoms with Crippen LogP contribution in [-0.2, 0) is 0 Å². The fraction of sp³-hybridized carbons (Fsp3) is 0.400. The van der Waals surface area contributed by atoms with Crippen molar-refractivity contribution in [3.8, 4) is 5.75 Å². The molecule has 0 saturated carbocycles. The average molecular weight is 465 g/mol. The third-order valence-electron chi connectivity index (χ3n) is 5.13. The molecule has 11 heteroatoms. The van der Waals surface area contributed by atoms with Crippen LogP contribution in [0.2, 0.25) is 10.0 Å². The summed E-state index contributed by atoms with van der Waals surface area (Å²) < 4.78 is 5.99. The van der Waals surface area contributed by atoms with Crippen molar-refractivity contribution in [1.82, 2.24) is 30.2 Å². The number of β-amino-alcohol motifs (C(OH)–C–C–N with tert-alkyl or cyclic N) is 1. The maximum absolute atomic E-state index is 12.4. The summed E-state index contributed by atoms with van der Waals surface area (Å²) in [7, 11) is 0. The highest BCUT2D eigenvalue weighted by Crippen LogP contribution is 2.28. The van der Waals surface area contributed by atoms with E-state index in [0.717, 1.165) is 25.9 Å². The Bertz CT molecular complexity index is 1050. The Labute approximate surface area is 188 Å². The average Bonchev–Trinajstić information content (AvgIpc) is 3.25. The number of ether oxygens (including phenoxy) is 1. The number of aromatic amines is 1. The van der Waals surface area contributed by atoms with Crippen molar-refractivity contribution in [2.45, 2.75) is 25.0 Å². The highest BCUT2D eigenvalue weighted by atomic mass is 35.5. The molecule has 31 heavy (non-hydrogen) atoms. The molecule has 1 fully saturated rings. The van der Waals surface area contributed by atoms with E-state index in [1.165, 1.54) is 12.7 Å². The molecule has 9 nitrogen and oxygen atoms in total. The van der Waals surface area contributed by atoms with Gasteiger partial charge in [0.25, 0.3) is 5.91 Å². The Morgan fingerprint density at radius 2 is 2.06 bits per heavy atom. The van der Waals surface area contributed by atoms with Crippen LogP contribution < -0.4 is 10.1 Å². The topological polar surface area (TPSA) is 116 Å².